The average Bonchev–Trinajstić information content (AvgIpc) is 2.54. The molecule has 0 spiro atoms. The second-order valence-corrected chi connectivity index (χ2v) is 3.14. The van der Waals surface area contributed by atoms with Gasteiger partial charge in [0, 0.05) is 11.8 Å². The van der Waals surface area contributed by atoms with E-state index in [0.717, 1.165) is 16.5 Å². The van der Waals surface area contributed by atoms with Crippen molar-refractivity contribution < 1.29 is 4.84 Å². The summed E-state index contributed by atoms with van der Waals surface area (Å²) in [6.07, 6.45) is 8.63. The molecule has 0 amide bonds. The smallest absolute Gasteiger partial charge is 0.176 e. The van der Waals surface area contributed by atoms with Crippen LogP contribution in [0.15, 0.2) is 35.9 Å². The molecule has 15 heavy (non-hydrogen) atoms. The number of hydrogen-bond donors (Lipinski definition) is 0. The minimum absolute atomic E-state index is 0.707. The standard InChI is InChI=1S/C11H7N3O/c1-2-8-3-4-10-9(6-12-7-13-10)11(8)15-14-5-1/h1-7H. The molecule has 2 heterocycles. The quantitative estimate of drug-likeness (QED) is 0.649. The van der Waals surface area contributed by atoms with E-state index in [-0.39, 0.29) is 0 Å². The minimum Gasteiger partial charge on any atom is -0.356 e. The maximum absolute atomic E-state index is 5.29. The highest BCUT2D eigenvalue weighted by Gasteiger charge is 2.09. The molecule has 1 aliphatic heterocycles. The Hall–Kier alpha value is -2.23. The molecule has 0 fully saturated rings. The molecule has 4 nitrogen and oxygen atoms in total. The Morgan fingerprint density at radius 3 is 3.20 bits per heavy atom. The molecule has 3 rings (SSSR count). The second kappa shape index (κ2) is 3.16. The van der Waals surface area contributed by atoms with Crippen LogP contribution in [0.5, 0.6) is 5.75 Å². The van der Waals surface area contributed by atoms with Crippen LogP contribution in [-0.4, -0.2) is 16.2 Å². The van der Waals surface area contributed by atoms with Gasteiger partial charge in [-0.3, -0.25) is 0 Å². The molecular weight excluding hydrogens is 190 g/mol. The van der Waals surface area contributed by atoms with E-state index in [1.807, 2.05) is 24.3 Å². The molecule has 0 unspecified atom stereocenters. The third-order valence-corrected chi connectivity index (χ3v) is 2.24. The van der Waals surface area contributed by atoms with Crippen molar-refractivity contribution in [1.29, 1.82) is 0 Å². The summed E-state index contributed by atoms with van der Waals surface area (Å²) in [7, 11) is 0. The maximum atomic E-state index is 5.29. The van der Waals surface area contributed by atoms with Crippen molar-refractivity contribution in [3.8, 4) is 5.75 Å². The van der Waals surface area contributed by atoms with E-state index in [1.54, 1.807) is 12.4 Å². The Morgan fingerprint density at radius 2 is 2.20 bits per heavy atom. The topological polar surface area (TPSA) is 47.4 Å². The van der Waals surface area contributed by atoms with Gasteiger partial charge in [-0.15, -0.1) is 0 Å². The van der Waals surface area contributed by atoms with E-state index in [9.17, 15) is 0 Å². The fourth-order valence-electron chi connectivity index (χ4n) is 1.54. The lowest BCUT2D eigenvalue weighted by Gasteiger charge is -2.05. The molecule has 1 aromatic carbocycles. The highest BCUT2D eigenvalue weighted by molar-refractivity contribution is 5.91. The summed E-state index contributed by atoms with van der Waals surface area (Å²) < 4.78 is 0. The van der Waals surface area contributed by atoms with Crippen LogP contribution in [0.1, 0.15) is 5.56 Å². The molecule has 4 heteroatoms. The first-order chi connectivity index (χ1) is 7.45. The first-order valence-electron chi connectivity index (χ1n) is 4.55. The van der Waals surface area contributed by atoms with E-state index in [1.165, 1.54) is 6.33 Å². The largest absolute Gasteiger partial charge is 0.356 e. The van der Waals surface area contributed by atoms with Gasteiger partial charge in [0.1, 0.15) is 6.33 Å². The molecule has 1 aromatic heterocycles. The first-order valence-corrected chi connectivity index (χ1v) is 4.55. The van der Waals surface area contributed by atoms with E-state index < -0.39 is 0 Å². The summed E-state index contributed by atoms with van der Waals surface area (Å²) in [4.78, 5) is 13.4. The third kappa shape index (κ3) is 1.27. The van der Waals surface area contributed by atoms with Gasteiger partial charge in [-0.05, 0) is 24.3 Å². The van der Waals surface area contributed by atoms with Gasteiger partial charge in [-0.1, -0.05) is 5.16 Å². The second-order valence-electron chi connectivity index (χ2n) is 3.14. The zero-order chi connectivity index (χ0) is 10.1. The van der Waals surface area contributed by atoms with Gasteiger partial charge in [0.05, 0.1) is 17.1 Å². The van der Waals surface area contributed by atoms with Crippen molar-refractivity contribution in [2.24, 2.45) is 5.16 Å². The number of nitrogens with zero attached hydrogens (tertiary/aromatic N) is 3. The van der Waals surface area contributed by atoms with Crippen LogP contribution in [0.4, 0.5) is 0 Å². The predicted octanol–water partition coefficient (Wildman–Crippen LogP) is 2.02. The fourth-order valence-corrected chi connectivity index (χ4v) is 1.54. The van der Waals surface area contributed by atoms with E-state index in [4.69, 9.17) is 4.84 Å². The van der Waals surface area contributed by atoms with Gasteiger partial charge in [0.15, 0.2) is 5.75 Å². The summed E-state index contributed by atoms with van der Waals surface area (Å²) in [5.41, 5.74) is 1.84. The molecule has 2 aromatic rings. The highest BCUT2D eigenvalue weighted by Crippen LogP contribution is 2.30. The molecule has 0 atom stereocenters. The number of aromatic nitrogens is 2. The van der Waals surface area contributed by atoms with Gasteiger partial charge >= 0.3 is 0 Å². The number of fused-ring (bicyclic) bond motifs is 3. The first kappa shape index (κ1) is 8.11. The minimum atomic E-state index is 0.707. The summed E-state index contributed by atoms with van der Waals surface area (Å²) in [5.74, 6) is 0.707. The van der Waals surface area contributed by atoms with Gasteiger partial charge in [-0.2, -0.15) is 0 Å². The number of hydrogen-bond acceptors (Lipinski definition) is 4. The monoisotopic (exact) mass is 197 g/mol. The van der Waals surface area contributed by atoms with Crippen molar-refractivity contribution in [2.45, 2.75) is 0 Å². The molecule has 0 aliphatic carbocycles. The van der Waals surface area contributed by atoms with Crippen LogP contribution in [0.2, 0.25) is 0 Å². The lowest BCUT2D eigenvalue weighted by atomic mass is 10.1. The zero-order valence-corrected chi connectivity index (χ0v) is 7.79. The Balaban J connectivity index is 2.38. The van der Waals surface area contributed by atoms with Crippen molar-refractivity contribution in [2.75, 3.05) is 0 Å². The fraction of sp³-hybridized carbons (Fsp3) is 0. The zero-order valence-electron chi connectivity index (χ0n) is 7.79. The van der Waals surface area contributed by atoms with E-state index >= 15 is 0 Å². The molecule has 72 valence electrons. The Bertz CT molecular complexity index is 575. The van der Waals surface area contributed by atoms with Crippen molar-refractivity contribution in [1.82, 2.24) is 9.97 Å². The Kier molecular flexibility index (Phi) is 1.71. The Morgan fingerprint density at radius 1 is 1.20 bits per heavy atom. The molecule has 0 bridgehead atoms. The third-order valence-electron chi connectivity index (χ3n) is 2.24. The summed E-state index contributed by atoms with van der Waals surface area (Å²) in [6, 6.07) is 3.89. The molecule has 0 radical (unpaired) electrons. The van der Waals surface area contributed by atoms with Crippen molar-refractivity contribution in [3.63, 3.8) is 0 Å². The predicted molar refractivity (Wildman–Crippen MR) is 57.7 cm³/mol. The normalized spacial score (nSPS) is 13.3. The van der Waals surface area contributed by atoms with Crippen LogP contribution >= 0.6 is 0 Å². The van der Waals surface area contributed by atoms with Crippen molar-refractivity contribution in [3.05, 3.63) is 36.3 Å². The van der Waals surface area contributed by atoms with Crippen LogP contribution in [0, 0.1) is 0 Å². The molecular formula is C11H7N3O. The molecule has 0 N–H and O–H groups in total. The lowest BCUT2D eigenvalue weighted by Crippen LogP contribution is -1.89. The van der Waals surface area contributed by atoms with E-state index in [2.05, 4.69) is 15.1 Å². The molecule has 0 saturated carbocycles. The SMILES string of the molecule is C1=Cc2ccc3ncncc3c2ON=C1. The van der Waals surface area contributed by atoms with Gasteiger partial charge < -0.3 is 4.84 Å². The number of benzene rings is 1. The highest BCUT2D eigenvalue weighted by atomic mass is 16.6. The average molecular weight is 197 g/mol. The summed E-state index contributed by atoms with van der Waals surface area (Å²) in [5, 5.41) is 4.67. The summed E-state index contributed by atoms with van der Waals surface area (Å²) in [6.45, 7) is 0. The molecule has 1 aliphatic rings. The van der Waals surface area contributed by atoms with Gasteiger partial charge in [0.25, 0.3) is 0 Å². The number of rotatable bonds is 0. The van der Waals surface area contributed by atoms with Gasteiger partial charge in [0.2, 0.25) is 0 Å². The van der Waals surface area contributed by atoms with Crippen LogP contribution in [0.25, 0.3) is 17.0 Å². The summed E-state index contributed by atoms with van der Waals surface area (Å²) >= 11 is 0. The lowest BCUT2D eigenvalue weighted by molar-refractivity contribution is 0.348. The van der Waals surface area contributed by atoms with Crippen LogP contribution < -0.4 is 4.84 Å². The molecule has 0 saturated heterocycles. The van der Waals surface area contributed by atoms with E-state index in [0.29, 0.717) is 5.75 Å². The van der Waals surface area contributed by atoms with Crippen LogP contribution in [0.3, 0.4) is 0 Å². The maximum Gasteiger partial charge on any atom is 0.176 e. The Labute approximate surface area is 85.9 Å². The van der Waals surface area contributed by atoms with Gasteiger partial charge in [-0.25, -0.2) is 9.97 Å². The number of oxime groups is 1. The number of allylic oxidation sites excluding steroid dienone is 1. The van der Waals surface area contributed by atoms with Crippen molar-refractivity contribution >= 4 is 23.2 Å². The van der Waals surface area contributed by atoms with Crippen LogP contribution in [-0.2, 0) is 0 Å².